The number of ether oxygens (including phenoxy) is 4. The summed E-state index contributed by atoms with van der Waals surface area (Å²) in [5, 5.41) is 0. The number of fused-ring (bicyclic) bond motifs is 1. The average Bonchev–Trinajstić information content (AvgIpc) is 3.31. The summed E-state index contributed by atoms with van der Waals surface area (Å²) < 4.78 is 22.1. The molecule has 0 amide bonds. The van der Waals surface area contributed by atoms with Gasteiger partial charge in [-0.25, -0.2) is 0 Å². The molecule has 4 rings (SSSR count). The van der Waals surface area contributed by atoms with E-state index in [0.29, 0.717) is 6.79 Å². The van der Waals surface area contributed by atoms with E-state index in [2.05, 4.69) is 65.8 Å². The molecule has 0 radical (unpaired) electrons. The fourth-order valence-electron chi connectivity index (χ4n) is 4.21. The van der Waals surface area contributed by atoms with Crippen molar-refractivity contribution in [2.75, 3.05) is 52.7 Å². The summed E-state index contributed by atoms with van der Waals surface area (Å²) in [5.74, 6) is 5.77. The molecule has 0 atom stereocenters. The Morgan fingerprint density at radius 1 is 0.939 bits per heavy atom. The summed E-state index contributed by atoms with van der Waals surface area (Å²) in [5.41, 5.74) is 2.63. The molecule has 2 aliphatic heterocycles. The van der Waals surface area contributed by atoms with E-state index in [9.17, 15) is 0 Å². The predicted molar refractivity (Wildman–Crippen MR) is 141 cm³/mol. The van der Waals surface area contributed by atoms with E-state index in [1.165, 1.54) is 29.1 Å². The van der Waals surface area contributed by atoms with Gasteiger partial charge >= 0.3 is 0 Å². The van der Waals surface area contributed by atoms with Crippen LogP contribution in [-0.4, -0.2) is 57.6 Å². The number of benzene rings is 2. The van der Waals surface area contributed by atoms with E-state index in [4.69, 9.17) is 18.9 Å². The molecule has 33 heavy (non-hydrogen) atoms. The van der Waals surface area contributed by atoms with E-state index in [0.717, 1.165) is 55.4 Å². The second-order valence-electron chi connectivity index (χ2n) is 8.22. The quantitative estimate of drug-likeness (QED) is 0.397. The van der Waals surface area contributed by atoms with Gasteiger partial charge in [-0.3, -0.25) is 0 Å². The van der Waals surface area contributed by atoms with Gasteiger partial charge in [-0.1, -0.05) is 12.1 Å². The molecule has 8 heteroatoms. The van der Waals surface area contributed by atoms with Crippen molar-refractivity contribution < 1.29 is 18.9 Å². The molecule has 2 heterocycles. The summed E-state index contributed by atoms with van der Waals surface area (Å²) in [6.45, 7) is 2.43. The average molecular weight is 512 g/mol. The van der Waals surface area contributed by atoms with Gasteiger partial charge in [0.25, 0.3) is 0 Å². The van der Waals surface area contributed by atoms with E-state index in [-0.39, 0.29) is 16.5 Å². The fraction of sp³-hybridized carbons (Fsp3) is 0.520. The molecule has 0 unspecified atom stereocenters. The van der Waals surface area contributed by atoms with Gasteiger partial charge in [-0.2, -0.15) is 0 Å². The summed E-state index contributed by atoms with van der Waals surface area (Å²) in [6, 6.07) is 12.7. The van der Waals surface area contributed by atoms with Crippen LogP contribution in [0.15, 0.2) is 36.4 Å². The van der Waals surface area contributed by atoms with Crippen molar-refractivity contribution in [1.82, 2.24) is 4.90 Å². The Hall–Kier alpha value is -1.41. The van der Waals surface area contributed by atoms with Crippen molar-refractivity contribution in [2.45, 2.75) is 29.8 Å². The van der Waals surface area contributed by atoms with Crippen LogP contribution in [0.25, 0.3) is 0 Å². The zero-order chi connectivity index (χ0) is 22.4. The van der Waals surface area contributed by atoms with Gasteiger partial charge in [0.1, 0.15) is 0 Å². The van der Waals surface area contributed by atoms with Gasteiger partial charge in [-0.05, 0) is 86.2 Å². The summed E-state index contributed by atoms with van der Waals surface area (Å²) in [6.07, 6.45) is 4.60. The van der Waals surface area contributed by atoms with Crippen LogP contribution in [-0.2, 0) is 10.5 Å². The molecule has 2 aromatic rings. The molecule has 5 nitrogen and oxygen atoms in total. The number of nitrogens with zero attached hydrogens (tertiary/aromatic N) is 1. The van der Waals surface area contributed by atoms with E-state index < -0.39 is 0 Å². The number of thioether (sulfide) groups is 2. The zero-order valence-corrected chi connectivity index (χ0v) is 22.1. The zero-order valence-electron chi connectivity index (χ0n) is 19.6. The Kier molecular flexibility index (Phi) is 9.80. The van der Waals surface area contributed by atoms with Crippen molar-refractivity contribution >= 4 is 35.9 Å². The summed E-state index contributed by atoms with van der Waals surface area (Å²) >= 11 is 4.20. The van der Waals surface area contributed by atoms with Crippen LogP contribution in [0.3, 0.4) is 0 Å². The lowest BCUT2D eigenvalue weighted by molar-refractivity contribution is 0.174. The van der Waals surface area contributed by atoms with Gasteiger partial charge < -0.3 is 23.8 Å². The first-order valence-corrected chi connectivity index (χ1v) is 13.2. The smallest absolute Gasteiger partial charge is 0.231 e. The first kappa shape index (κ1) is 26.2. The highest BCUT2D eigenvalue weighted by atomic mass is 35.5. The van der Waals surface area contributed by atoms with E-state index in [1.807, 2.05) is 6.07 Å². The van der Waals surface area contributed by atoms with Gasteiger partial charge in [0, 0.05) is 6.54 Å². The summed E-state index contributed by atoms with van der Waals surface area (Å²) in [7, 11) is 5.57. The highest BCUT2D eigenvalue weighted by Crippen LogP contribution is 2.54. The Bertz CT molecular complexity index is 908. The van der Waals surface area contributed by atoms with E-state index >= 15 is 0 Å². The number of hydrogen-bond donors (Lipinski definition) is 0. The van der Waals surface area contributed by atoms with Crippen molar-refractivity contribution in [3.8, 4) is 23.0 Å². The standard InChI is InChI=1S/C25H33NO4S2.ClH/c1-26(13-10-19-6-8-21(27-2)23(16-19)28-3)12-4-11-25(31-14-5-15-32-25)20-7-9-22-24(17-20)30-18-29-22;/h6-9,16-17H,4-5,10-15,18H2,1-3H3;1H. The first-order chi connectivity index (χ1) is 15.6. The predicted octanol–water partition coefficient (Wildman–Crippen LogP) is 5.83. The highest BCUT2D eigenvalue weighted by Gasteiger charge is 2.36. The van der Waals surface area contributed by atoms with Crippen LogP contribution in [0.1, 0.15) is 30.4 Å². The van der Waals surface area contributed by atoms with Crippen molar-refractivity contribution in [3.05, 3.63) is 47.5 Å². The lowest BCUT2D eigenvalue weighted by Gasteiger charge is -2.37. The maximum absolute atomic E-state index is 5.66. The minimum Gasteiger partial charge on any atom is -0.493 e. The van der Waals surface area contributed by atoms with Gasteiger partial charge in [0.15, 0.2) is 23.0 Å². The molecule has 1 fully saturated rings. The Morgan fingerprint density at radius 3 is 2.45 bits per heavy atom. The van der Waals surface area contributed by atoms with Crippen LogP contribution in [0.2, 0.25) is 0 Å². The molecular weight excluding hydrogens is 478 g/mol. The van der Waals surface area contributed by atoms with Crippen molar-refractivity contribution in [3.63, 3.8) is 0 Å². The second kappa shape index (κ2) is 12.3. The number of halogens is 1. The first-order valence-electron chi connectivity index (χ1n) is 11.2. The fourth-order valence-corrected chi connectivity index (χ4v) is 7.63. The third-order valence-corrected chi connectivity index (χ3v) is 9.55. The number of methoxy groups -OCH3 is 2. The third kappa shape index (κ3) is 6.38. The normalized spacial score (nSPS) is 16.4. The SMILES string of the molecule is COc1ccc(CCN(C)CCCC2(c3ccc4c(c3)OCO4)SCCCS2)cc1OC.Cl. The largest absolute Gasteiger partial charge is 0.493 e. The van der Waals surface area contributed by atoms with Crippen LogP contribution < -0.4 is 18.9 Å². The topological polar surface area (TPSA) is 40.2 Å². The number of rotatable bonds is 10. The molecule has 0 aliphatic carbocycles. The van der Waals surface area contributed by atoms with Gasteiger partial charge in [0.2, 0.25) is 6.79 Å². The van der Waals surface area contributed by atoms with Crippen LogP contribution in [0.4, 0.5) is 0 Å². The third-order valence-electron chi connectivity index (χ3n) is 6.05. The minimum atomic E-state index is 0. The molecule has 0 N–H and O–H groups in total. The van der Waals surface area contributed by atoms with Crippen molar-refractivity contribution in [1.29, 1.82) is 0 Å². The van der Waals surface area contributed by atoms with Gasteiger partial charge in [-0.15, -0.1) is 35.9 Å². The molecule has 2 aliphatic rings. The van der Waals surface area contributed by atoms with Crippen LogP contribution in [0.5, 0.6) is 23.0 Å². The molecule has 0 spiro atoms. The Morgan fingerprint density at radius 2 is 1.70 bits per heavy atom. The highest BCUT2D eigenvalue weighted by molar-refractivity contribution is 8.18. The van der Waals surface area contributed by atoms with E-state index in [1.54, 1.807) is 14.2 Å². The Labute approximate surface area is 212 Å². The molecule has 2 aromatic carbocycles. The molecule has 0 aromatic heterocycles. The number of likely N-dealkylation sites (N-methyl/N-ethyl adjacent to an activating group) is 1. The molecule has 1 saturated heterocycles. The molecule has 0 saturated carbocycles. The van der Waals surface area contributed by atoms with Gasteiger partial charge in [0.05, 0.1) is 18.3 Å². The van der Waals surface area contributed by atoms with Crippen LogP contribution in [0, 0.1) is 0 Å². The molecular formula is C25H34ClNO4S2. The minimum absolute atomic E-state index is 0. The maximum Gasteiger partial charge on any atom is 0.231 e. The molecule has 182 valence electrons. The number of hydrogen-bond acceptors (Lipinski definition) is 7. The molecule has 0 bridgehead atoms. The monoisotopic (exact) mass is 511 g/mol. The summed E-state index contributed by atoms with van der Waals surface area (Å²) in [4.78, 5) is 2.43. The van der Waals surface area contributed by atoms with Crippen LogP contribution >= 0.6 is 35.9 Å². The lowest BCUT2D eigenvalue weighted by Crippen LogP contribution is -2.27. The lowest BCUT2D eigenvalue weighted by atomic mass is 10.1. The maximum atomic E-state index is 5.66. The Balaban J connectivity index is 0.00000306. The second-order valence-corrected chi connectivity index (χ2v) is 11.3. The van der Waals surface area contributed by atoms with Crippen molar-refractivity contribution in [2.24, 2.45) is 0 Å².